The molecule has 0 aliphatic carbocycles. The van der Waals surface area contributed by atoms with Gasteiger partial charge in [-0.2, -0.15) is 4.98 Å². The smallest absolute Gasteiger partial charge is 0.228 e. The van der Waals surface area contributed by atoms with Crippen molar-refractivity contribution in [1.29, 1.82) is 0 Å². The topological polar surface area (TPSA) is 80.3 Å². The third-order valence-electron chi connectivity index (χ3n) is 2.75. The SMILES string of the molecule is CN=C(NCCc1nc(C)no1)NCCn1cccc1. The van der Waals surface area contributed by atoms with E-state index < -0.39 is 0 Å². The van der Waals surface area contributed by atoms with Crippen LogP contribution < -0.4 is 10.6 Å². The van der Waals surface area contributed by atoms with Gasteiger partial charge in [-0.3, -0.25) is 4.99 Å². The minimum Gasteiger partial charge on any atom is -0.356 e. The van der Waals surface area contributed by atoms with Crippen LogP contribution in [0.2, 0.25) is 0 Å². The lowest BCUT2D eigenvalue weighted by atomic mass is 10.4. The summed E-state index contributed by atoms with van der Waals surface area (Å²) in [5, 5.41) is 10.2. The Kier molecular flexibility index (Phi) is 5.16. The molecule has 2 N–H and O–H groups in total. The van der Waals surface area contributed by atoms with E-state index in [1.807, 2.05) is 31.5 Å². The summed E-state index contributed by atoms with van der Waals surface area (Å²) < 4.78 is 7.16. The van der Waals surface area contributed by atoms with Crippen LogP contribution in [0.3, 0.4) is 0 Å². The van der Waals surface area contributed by atoms with Crippen LogP contribution in [0.25, 0.3) is 0 Å². The van der Waals surface area contributed by atoms with E-state index in [0.29, 0.717) is 24.7 Å². The van der Waals surface area contributed by atoms with Crippen LogP contribution in [0.4, 0.5) is 0 Å². The summed E-state index contributed by atoms with van der Waals surface area (Å²) in [4.78, 5) is 8.31. The first kappa shape index (κ1) is 14.1. The monoisotopic (exact) mass is 276 g/mol. The Labute approximate surface area is 118 Å². The Hall–Kier alpha value is -2.31. The molecular formula is C13H20N6O. The number of aryl methyl sites for hydroxylation is 1. The van der Waals surface area contributed by atoms with Crippen LogP contribution in [0.1, 0.15) is 11.7 Å². The zero-order valence-electron chi connectivity index (χ0n) is 11.8. The van der Waals surface area contributed by atoms with E-state index in [-0.39, 0.29) is 0 Å². The second kappa shape index (κ2) is 7.32. The molecule has 2 aromatic heterocycles. The van der Waals surface area contributed by atoms with Gasteiger partial charge in [0, 0.05) is 45.5 Å². The van der Waals surface area contributed by atoms with Crippen molar-refractivity contribution in [3.8, 4) is 0 Å². The molecule has 0 saturated heterocycles. The second-order valence-corrected chi connectivity index (χ2v) is 4.33. The highest BCUT2D eigenvalue weighted by Crippen LogP contribution is 1.95. The van der Waals surface area contributed by atoms with Crippen LogP contribution in [-0.2, 0) is 13.0 Å². The van der Waals surface area contributed by atoms with Crippen molar-refractivity contribution < 1.29 is 4.52 Å². The van der Waals surface area contributed by atoms with Crippen molar-refractivity contribution in [3.05, 3.63) is 36.2 Å². The molecule has 0 spiro atoms. The molecule has 0 amide bonds. The van der Waals surface area contributed by atoms with E-state index in [4.69, 9.17) is 4.52 Å². The standard InChI is InChI=1S/C13H20N6O/c1-11-17-12(20-18-11)5-6-15-13(14-2)16-7-10-19-8-3-4-9-19/h3-4,8-9H,5-7,10H2,1-2H3,(H2,14,15,16). The van der Waals surface area contributed by atoms with E-state index in [2.05, 4.69) is 30.3 Å². The minimum absolute atomic E-state index is 0.637. The van der Waals surface area contributed by atoms with Crippen molar-refractivity contribution >= 4 is 5.96 Å². The molecule has 0 radical (unpaired) electrons. The number of hydrogen-bond acceptors (Lipinski definition) is 4. The van der Waals surface area contributed by atoms with Crippen LogP contribution in [-0.4, -0.2) is 40.8 Å². The van der Waals surface area contributed by atoms with Crippen molar-refractivity contribution in [2.45, 2.75) is 19.9 Å². The van der Waals surface area contributed by atoms with Gasteiger partial charge >= 0.3 is 0 Å². The lowest BCUT2D eigenvalue weighted by molar-refractivity contribution is 0.374. The van der Waals surface area contributed by atoms with Gasteiger partial charge in [-0.05, 0) is 19.1 Å². The largest absolute Gasteiger partial charge is 0.356 e. The fraction of sp³-hybridized carbons (Fsp3) is 0.462. The second-order valence-electron chi connectivity index (χ2n) is 4.33. The fourth-order valence-corrected chi connectivity index (χ4v) is 1.77. The predicted molar refractivity (Wildman–Crippen MR) is 76.5 cm³/mol. The highest BCUT2D eigenvalue weighted by Gasteiger charge is 2.03. The number of nitrogens with one attached hydrogen (secondary N) is 2. The fourth-order valence-electron chi connectivity index (χ4n) is 1.77. The first-order valence-electron chi connectivity index (χ1n) is 6.62. The molecule has 0 unspecified atom stereocenters. The molecular weight excluding hydrogens is 256 g/mol. The molecule has 0 aromatic carbocycles. The Bertz CT molecular complexity index is 531. The van der Waals surface area contributed by atoms with Crippen molar-refractivity contribution in [3.63, 3.8) is 0 Å². The molecule has 7 nitrogen and oxygen atoms in total. The first-order valence-corrected chi connectivity index (χ1v) is 6.62. The quantitative estimate of drug-likeness (QED) is 0.596. The van der Waals surface area contributed by atoms with Gasteiger partial charge in [-0.25, -0.2) is 0 Å². The van der Waals surface area contributed by atoms with Gasteiger partial charge in [0.15, 0.2) is 11.8 Å². The molecule has 0 bridgehead atoms. The van der Waals surface area contributed by atoms with Crippen LogP contribution in [0.5, 0.6) is 0 Å². The van der Waals surface area contributed by atoms with Crippen LogP contribution in [0, 0.1) is 6.92 Å². The maximum Gasteiger partial charge on any atom is 0.228 e. The van der Waals surface area contributed by atoms with Crippen LogP contribution >= 0.6 is 0 Å². The molecule has 2 heterocycles. The van der Waals surface area contributed by atoms with E-state index in [0.717, 1.165) is 19.0 Å². The lowest BCUT2D eigenvalue weighted by Crippen LogP contribution is -2.39. The maximum atomic E-state index is 5.05. The molecule has 20 heavy (non-hydrogen) atoms. The van der Waals surface area contributed by atoms with E-state index in [1.54, 1.807) is 7.05 Å². The van der Waals surface area contributed by atoms with Gasteiger partial charge < -0.3 is 19.7 Å². The number of rotatable bonds is 6. The van der Waals surface area contributed by atoms with Crippen molar-refractivity contribution in [2.75, 3.05) is 20.1 Å². The zero-order valence-corrected chi connectivity index (χ0v) is 11.8. The molecule has 0 aliphatic rings. The minimum atomic E-state index is 0.637. The summed E-state index contributed by atoms with van der Waals surface area (Å²) in [5.74, 6) is 2.07. The van der Waals surface area contributed by atoms with Gasteiger partial charge in [0.05, 0.1) is 0 Å². The van der Waals surface area contributed by atoms with Crippen LogP contribution in [0.15, 0.2) is 34.0 Å². The van der Waals surface area contributed by atoms with Crippen molar-refractivity contribution in [2.24, 2.45) is 4.99 Å². The molecule has 0 atom stereocenters. The number of guanidine groups is 1. The Morgan fingerprint density at radius 1 is 1.30 bits per heavy atom. The molecule has 108 valence electrons. The predicted octanol–water partition coefficient (Wildman–Crippen LogP) is 0.587. The van der Waals surface area contributed by atoms with Gasteiger partial charge in [0.1, 0.15) is 0 Å². The first-order chi connectivity index (χ1) is 9.78. The van der Waals surface area contributed by atoms with Gasteiger partial charge in [0.25, 0.3) is 0 Å². The molecule has 0 aliphatic heterocycles. The molecule has 0 fully saturated rings. The Morgan fingerprint density at radius 3 is 2.70 bits per heavy atom. The zero-order chi connectivity index (χ0) is 14.2. The van der Waals surface area contributed by atoms with E-state index in [9.17, 15) is 0 Å². The molecule has 0 saturated carbocycles. The highest BCUT2D eigenvalue weighted by molar-refractivity contribution is 5.79. The van der Waals surface area contributed by atoms with Gasteiger partial charge in [-0.15, -0.1) is 0 Å². The summed E-state index contributed by atoms with van der Waals surface area (Å²) in [6.45, 7) is 4.22. The molecule has 2 aromatic rings. The number of aromatic nitrogens is 3. The lowest BCUT2D eigenvalue weighted by Gasteiger charge is -2.11. The third kappa shape index (κ3) is 4.42. The van der Waals surface area contributed by atoms with Gasteiger partial charge in [-0.1, -0.05) is 5.16 Å². The van der Waals surface area contributed by atoms with Gasteiger partial charge in [0.2, 0.25) is 5.89 Å². The Morgan fingerprint density at radius 2 is 2.05 bits per heavy atom. The Balaban J connectivity index is 1.65. The summed E-state index contributed by atoms with van der Waals surface area (Å²) in [7, 11) is 1.75. The number of aliphatic imine (C=N–C) groups is 1. The summed E-state index contributed by atoms with van der Waals surface area (Å²) in [6, 6.07) is 4.03. The number of hydrogen-bond donors (Lipinski definition) is 2. The average Bonchev–Trinajstić information content (AvgIpc) is 3.09. The average molecular weight is 276 g/mol. The summed E-state index contributed by atoms with van der Waals surface area (Å²) >= 11 is 0. The number of nitrogens with zero attached hydrogens (tertiary/aromatic N) is 4. The summed E-state index contributed by atoms with van der Waals surface area (Å²) in [5.41, 5.74) is 0. The molecule has 7 heteroatoms. The summed E-state index contributed by atoms with van der Waals surface area (Å²) in [6.07, 6.45) is 4.75. The van der Waals surface area contributed by atoms with E-state index in [1.165, 1.54) is 0 Å². The van der Waals surface area contributed by atoms with E-state index >= 15 is 0 Å². The highest BCUT2D eigenvalue weighted by atomic mass is 16.5. The maximum absolute atomic E-state index is 5.05. The third-order valence-corrected chi connectivity index (χ3v) is 2.75. The normalized spacial score (nSPS) is 11.6. The van der Waals surface area contributed by atoms with Crippen molar-refractivity contribution in [1.82, 2.24) is 25.3 Å². The molecule has 2 rings (SSSR count).